The molecule has 1 aliphatic rings. The van der Waals surface area contributed by atoms with Gasteiger partial charge in [0.2, 0.25) is 11.8 Å². The van der Waals surface area contributed by atoms with Gasteiger partial charge in [-0.15, -0.1) is 12.4 Å². The van der Waals surface area contributed by atoms with Crippen molar-refractivity contribution < 1.29 is 19.2 Å². The van der Waals surface area contributed by atoms with Gasteiger partial charge < -0.3 is 26.6 Å². The van der Waals surface area contributed by atoms with Gasteiger partial charge in [-0.3, -0.25) is 24.3 Å². The van der Waals surface area contributed by atoms with Crippen LogP contribution in [-0.4, -0.2) is 70.4 Å². The number of benzene rings is 1. The van der Waals surface area contributed by atoms with Crippen LogP contribution in [0.3, 0.4) is 0 Å². The fourth-order valence-electron chi connectivity index (χ4n) is 3.68. The first kappa shape index (κ1) is 30.4. The molecule has 0 saturated carbocycles. The average molecular weight is 575 g/mol. The maximum atomic E-state index is 12.8. The standard InChI is InChI=1S/C23H29Cl2N7O4.ClH/c1-12(2)19(26)22(35)27-11-17(33)32-8-6-13(7-9-32)29-23(36)20-16(10-28-31-20)30-21(34)18-14(24)4-3-5-15(18)25;/h3-5,10,12-13,19H,6-9,11,26H2,1-2H3,(H,27,35)(H,28,31)(H,29,36)(H,30,34);1H. The lowest BCUT2D eigenvalue weighted by Gasteiger charge is -2.32. The Morgan fingerprint density at radius 3 is 2.35 bits per heavy atom. The Morgan fingerprint density at radius 1 is 1.14 bits per heavy atom. The zero-order valence-corrected chi connectivity index (χ0v) is 22.7. The van der Waals surface area contributed by atoms with Crippen LogP contribution >= 0.6 is 35.6 Å². The second-order valence-electron chi connectivity index (χ2n) is 8.81. The van der Waals surface area contributed by atoms with Gasteiger partial charge in [0, 0.05) is 25.3 Å². The van der Waals surface area contributed by atoms with Crippen LogP contribution in [0.2, 0.25) is 10.0 Å². The van der Waals surface area contributed by atoms with E-state index < -0.39 is 17.9 Å². The molecule has 4 amide bonds. The first-order chi connectivity index (χ1) is 17.1. The number of anilines is 1. The second kappa shape index (κ2) is 13.6. The molecule has 0 bridgehead atoms. The van der Waals surface area contributed by atoms with Crippen LogP contribution < -0.4 is 21.7 Å². The number of hydrogen-bond donors (Lipinski definition) is 5. The minimum atomic E-state index is -0.669. The molecular weight excluding hydrogens is 545 g/mol. The second-order valence-corrected chi connectivity index (χ2v) is 9.63. The van der Waals surface area contributed by atoms with Gasteiger partial charge in [0.25, 0.3) is 11.8 Å². The van der Waals surface area contributed by atoms with Crippen molar-refractivity contribution in [2.45, 2.75) is 38.8 Å². The van der Waals surface area contributed by atoms with Gasteiger partial charge >= 0.3 is 0 Å². The number of carbonyl (C=O) groups excluding carboxylic acids is 4. The fourth-order valence-corrected chi connectivity index (χ4v) is 4.25. The number of nitrogens with two attached hydrogens (primary N) is 1. The Morgan fingerprint density at radius 2 is 1.76 bits per heavy atom. The molecule has 37 heavy (non-hydrogen) atoms. The van der Waals surface area contributed by atoms with Gasteiger partial charge in [0.05, 0.1) is 33.9 Å². The monoisotopic (exact) mass is 573 g/mol. The summed E-state index contributed by atoms with van der Waals surface area (Å²) in [5.74, 6) is -1.65. The van der Waals surface area contributed by atoms with E-state index in [0.717, 1.165) is 0 Å². The highest BCUT2D eigenvalue weighted by Crippen LogP contribution is 2.26. The summed E-state index contributed by atoms with van der Waals surface area (Å²) in [6.45, 7) is 4.39. The van der Waals surface area contributed by atoms with Gasteiger partial charge in [0.1, 0.15) is 0 Å². The third-order valence-corrected chi connectivity index (χ3v) is 6.54. The number of halogens is 3. The summed E-state index contributed by atoms with van der Waals surface area (Å²) in [6.07, 6.45) is 2.44. The van der Waals surface area contributed by atoms with Crippen LogP contribution in [0.25, 0.3) is 0 Å². The smallest absolute Gasteiger partial charge is 0.274 e. The summed E-state index contributed by atoms with van der Waals surface area (Å²) in [5.41, 5.74) is 6.07. The van der Waals surface area contributed by atoms with Crippen molar-refractivity contribution in [3.05, 3.63) is 45.7 Å². The number of nitrogens with zero attached hydrogens (tertiary/aromatic N) is 2. The predicted octanol–water partition coefficient (Wildman–Crippen LogP) is 2.21. The molecule has 0 radical (unpaired) electrons. The zero-order chi connectivity index (χ0) is 26.4. The number of hydrogen-bond acceptors (Lipinski definition) is 6. The van der Waals surface area contributed by atoms with Crippen molar-refractivity contribution in [1.29, 1.82) is 0 Å². The Balaban J connectivity index is 0.00000481. The van der Waals surface area contributed by atoms with Gasteiger partial charge in [-0.1, -0.05) is 43.1 Å². The largest absolute Gasteiger partial charge is 0.348 e. The van der Waals surface area contributed by atoms with Gasteiger partial charge in [-0.05, 0) is 30.9 Å². The fraction of sp³-hybridized carbons (Fsp3) is 0.435. The predicted molar refractivity (Wildman–Crippen MR) is 143 cm³/mol. The van der Waals surface area contributed by atoms with Crippen LogP contribution in [0.15, 0.2) is 24.4 Å². The molecular formula is C23H30Cl3N7O4. The van der Waals surface area contributed by atoms with E-state index in [1.54, 1.807) is 11.0 Å². The van der Waals surface area contributed by atoms with E-state index in [9.17, 15) is 19.2 Å². The van der Waals surface area contributed by atoms with E-state index in [4.69, 9.17) is 28.9 Å². The van der Waals surface area contributed by atoms with Crippen molar-refractivity contribution in [1.82, 2.24) is 25.7 Å². The minimum absolute atomic E-state index is 0. The van der Waals surface area contributed by atoms with Crippen LogP contribution in [0, 0.1) is 5.92 Å². The molecule has 11 nitrogen and oxygen atoms in total. The summed E-state index contributed by atoms with van der Waals surface area (Å²) in [6, 6.07) is 3.84. The number of piperidine rings is 1. The lowest BCUT2D eigenvalue weighted by atomic mass is 10.0. The Labute approximate surface area is 230 Å². The van der Waals surface area contributed by atoms with Crippen LogP contribution in [0.4, 0.5) is 5.69 Å². The molecule has 1 aromatic carbocycles. The number of likely N-dealkylation sites (tertiary alicyclic amines) is 1. The maximum Gasteiger partial charge on any atom is 0.274 e. The number of amides is 4. The molecule has 6 N–H and O–H groups in total. The molecule has 1 unspecified atom stereocenters. The summed E-state index contributed by atoms with van der Waals surface area (Å²) < 4.78 is 0. The molecule has 3 rings (SSSR count). The van der Waals surface area contributed by atoms with E-state index in [2.05, 4.69) is 26.1 Å². The summed E-state index contributed by atoms with van der Waals surface area (Å²) >= 11 is 12.2. The quantitative estimate of drug-likeness (QED) is 0.325. The van der Waals surface area contributed by atoms with Crippen LogP contribution in [-0.2, 0) is 9.59 Å². The molecule has 1 saturated heterocycles. The molecule has 0 aliphatic carbocycles. The van der Waals surface area contributed by atoms with Crippen LogP contribution in [0.5, 0.6) is 0 Å². The first-order valence-corrected chi connectivity index (χ1v) is 12.2. The van der Waals surface area contributed by atoms with E-state index in [0.29, 0.717) is 25.9 Å². The minimum Gasteiger partial charge on any atom is -0.348 e. The summed E-state index contributed by atoms with van der Waals surface area (Å²) in [5, 5.41) is 15.0. The van der Waals surface area contributed by atoms with E-state index in [1.807, 2.05) is 13.8 Å². The molecule has 2 heterocycles. The van der Waals surface area contributed by atoms with Gasteiger partial charge in [-0.25, -0.2) is 0 Å². The number of nitrogens with one attached hydrogen (secondary N) is 4. The number of carbonyl (C=O) groups is 4. The van der Waals surface area contributed by atoms with Crippen molar-refractivity contribution >= 4 is 64.9 Å². The normalized spacial score (nSPS) is 14.5. The lowest BCUT2D eigenvalue weighted by molar-refractivity contribution is -0.134. The lowest BCUT2D eigenvalue weighted by Crippen LogP contribution is -2.51. The summed E-state index contributed by atoms with van der Waals surface area (Å²) in [7, 11) is 0. The number of H-pyrrole nitrogens is 1. The Kier molecular flexibility index (Phi) is 11.2. The van der Waals surface area contributed by atoms with Crippen LogP contribution in [0.1, 0.15) is 47.5 Å². The highest BCUT2D eigenvalue weighted by molar-refractivity contribution is 6.40. The average Bonchev–Trinajstić information content (AvgIpc) is 3.30. The molecule has 202 valence electrons. The molecule has 2 aromatic rings. The summed E-state index contributed by atoms with van der Waals surface area (Å²) in [4.78, 5) is 51.5. The van der Waals surface area contributed by atoms with Gasteiger partial charge in [-0.2, -0.15) is 5.10 Å². The highest BCUT2D eigenvalue weighted by Gasteiger charge is 2.27. The molecule has 14 heteroatoms. The SMILES string of the molecule is CC(C)C(N)C(=O)NCC(=O)N1CCC(NC(=O)c2n[nH]cc2NC(=O)c2c(Cl)cccc2Cl)CC1.Cl. The Bertz CT molecular complexity index is 1110. The molecule has 1 atom stereocenters. The molecule has 1 fully saturated rings. The van der Waals surface area contributed by atoms with E-state index in [-0.39, 0.29) is 69.7 Å². The van der Waals surface area contributed by atoms with Crippen molar-refractivity contribution in [3.63, 3.8) is 0 Å². The van der Waals surface area contributed by atoms with E-state index in [1.165, 1.54) is 18.3 Å². The third kappa shape index (κ3) is 7.81. The molecule has 0 spiro atoms. The maximum absolute atomic E-state index is 12.8. The first-order valence-electron chi connectivity index (χ1n) is 11.5. The Hall–Kier alpha value is -2.86. The van der Waals surface area contributed by atoms with Crippen molar-refractivity contribution in [2.24, 2.45) is 11.7 Å². The number of aromatic nitrogens is 2. The molecule has 1 aliphatic heterocycles. The highest BCUT2D eigenvalue weighted by atomic mass is 35.5. The van der Waals surface area contributed by atoms with Crippen molar-refractivity contribution in [3.8, 4) is 0 Å². The van der Waals surface area contributed by atoms with Gasteiger partial charge in [0.15, 0.2) is 5.69 Å². The third-order valence-electron chi connectivity index (χ3n) is 5.91. The van der Waals surface area contributed by atoms with Crippen molar-refractivity contribution in [2.75, 3.05) is 25.0 Å². The van der Waals surface area contributed by atoms with E-state index >= 15 is 0 Å². The zero-order valence-electron chi connectivity index (χ0n) is 20.3. The molecule has 1 aromatic heterocycles. The number of aromatic amines is 1. The number of rotatable bonds is 8. The topological polar surface area (TPSA) is 162 Å².